The molecule has 0 bridgehead atoms. The number of fused-ring (bicyclic) bond motifs is 1. The molecule has 0 saturated carbocycles. The number of carbonyl (C=O) groups is 2. The van der Waals surface area contributed by atoms with Crippen LogP contribution in [0.2, 0.25) is 0 Å². The number of nitrogens with one attached hydrogen (secondary N) is 1. The fraction of sp³-hybridized carbons (Fsp3) is 0.300. The molecule has 2 aliphatic heterocycles. The van der Waals surface area contributed by atoms with Crippen LogP contribution in [0.1, 0.15) is 33.6 Å². The molecule has 2 aliphatic rings. The zero-order valence-electron chi connectivity index (χ0n) is 13.9. The van der Waals surface area contributed by atoms with Crippen LogP contribution < -0.4 is 10.1 Å². The van der Waals surface area contributed by atoms with Gasteiger partial charge in [0, 0.05) is 18.7 Å². The van der Waals surface area contributed by atoms with Gasteiger partial charge in [-0.15, -0.1) is 0 Å². The number of para-hydroxylation sites is 1. The minimum atomic E-state index is -0.543. The Morgan fingerprint density at radius 3 is 2.68 bits per heavy atom. The lowest BCUT2D eigenvalue weighted by Gasteiger charge is -2.42. The lowest BCUT2D eigenvalue weighted by atomic mass is 9.89. The third kappa shape index (κ3) is 2.97. The Morgan fingerprint density at radius 2 is 1.84 bits per heavy atom. The van der Waals surface area contributed by atoms with E-state index in [0.29, 0.717) is 36.6 Å². The molecule has 1 unspecified atom stereocenters. The molecule has 2 amide bonds. The molecule has 5 nitrogen and oxygen atoms in total. The molecule has 128 valence electrons. The summed E-state index contributed by atoms with van der Waals surface area (Å²) in [6.07, 6.45) is 1.63. The zero-order valence-corrected chi connectivity index (χ0v) is 13.9. The lowest BCUT2D eigenvalue weighted by Crippen LogP contribution is -2.61. The van der Waals surface area contributed by atoms with Crippen molar-refractivity contribution in [2.75, 3.05) is 19.7 Å². The minimum Gasteiger partial charge on any atom is -0.490 e. The van der Waals surface area contributed by atoms with Gasteiger partial charge in [-0.2, -0.15) is 0 Å². The second-order valence-corrected chi connectivity index (χ2v) is 6.72. The molecule has 2 aromatic carbocycles. The summed E-state index contributed by atoms with van der Waals surface area (Å²) in [4.78, 5) is 27.2. The predicted molar refractivity (Wildman–Crippen MR) is 93.7 cm³/mol. The molecule has 0 aromatic heterocycles. The summed E-state index contributed by atoms with van der Waals surface area (Å²) in [5.41, 5.74) is 0.674. The van der Waals surface area contributed by atoms with E-state index in [1.54, 1.807) is 6.07 Å². The van der Waals surface area contributed by atoms with E-state index in [4.69, 9.17) is 4.74 Å². The highest BCUT2D eigenvalue weighted by Gasteiger charge is 2.41. The van der Waals surface area contributed by atoms with E-state index < -0.39 is 5.54 Å². The molecule has 1 fully saturated rings. The number of piperidine rings is 1. The van der Waals surface area contributed by atoms with Crippen molar-refractivity contribution < 1.29 is 14.3 Å². The topological polar surface area (TPSA) is 58.6 Å². The summed E-state index contributed by atoms with van der Waals surface area (Å²) in [7, 11) is 0. The first kappa shape index (κ1) is 15.7. The predicted octanol–water partition coefficient (Wildman–Crippen LogP) is 2.48. The number of hydrogen-bond acceptors (Lipinski definition) is 3. The van der Waals surface area contributed by atoms with Gasteiger partial charge in [0.1, 0.15) is 12.4 Å². The number of hydrogen-bond donors (Lipinski definition) is 1. The van der Waals surface area contributed by atoms with E-state index >= 15 is 0 Å². The zero-order chi connectivity index (χ0) is 17.3. The van der Waals surface area contributed by atoms with Gasteiger partial charge in [0.25, 0.3) is 11.8 Å². The van der Waals surface area contributed by atoms with Crippen molar-refractivity contribution in [2.24, 2.45) is 0 Å². The molecular weight excluding hydrogens is 316 g/mol. The summed E-state index contributed by atoms with van der Waals surface area (Å²) in [5, 5.41) is 3.13. The van der Waals surface area contributed by atoms with Crippen LogP contribution in [0.3, 0.4) is 0 Å². The highest BCUT2D eigenvalue weighted by Crippen LogP contribution is 2.29. The van der Waals surface area contributed by atoms with E-state index in [9.17, 15) is 9.59 Å². The molecule has 2 aromatic rings. The molecular formula is C20H20N2O3. The van der Waals surface area contributed by atoms with Crippen LogP contribution in [0.5, 0.6) is 5.75 Å². The maximum absolute atomic E-state index is 12.8. The molecule has 1 spiro atoms. The highest BCUT2D eigenvalue weighted by atomic mass is 16.5. The van der Waals surface area contributed by atoms with Gasteiger partial charge >= 0.3 is 0 Å². The number of carbonyl (C=O) groups excluding carboxylic acids is 2. The normalized spacial score (nSPS) is 22.6. The summed E-state index contributed by atoms with van der Waals surface area (Å²) in [6.45, 7) is 1.52. The molecule has 2 heterocycles. The van der Waals surface area contributed by atoms with Gasteiger partial charge in [0.15, 0.2) is 0 Å². The standard InChI is InChI=1S/C20H20N2O3/c23-18-16-9-4-5-10-17(16)25-14-20(21-18)11-6-12-22(13-20)19(24)15-7-2-1-3-8-15/h1-5,7-10H,6,11-14H2,(H,21,23). The van der Waals surface area contributed by atoms with E-state index in [0.717, 1.165) is 12.8 Å². The highest BCUT2D eigenvalue weighted by molar-refractivity contribution is 5.98. The van der Waals surface area contributed by atoms with Crippen molar-refractivity contribution in [1.29, 1.82) is 0 Å². The van der Waals surface area contributed by atoms with Gasteiger partial charge in [-0.25, -0.2) is 0 Å². The summed E-state index contributed by atoms with van der Waals surface area (Å²) >= 11 is 0. The molecule has 4 rings (SSSR count). The summed E-state index contributed by atoms with van der Waals surface area (Å²) in [5.74, 6) is 0.459. The molecule has 25 heavy (non-hydrogen) atoms. The Bertz CT molecular complexity index is 806. The Morgan fingerprint density at radius 1 is 1.08 bits per heavy atom. The van der Waals surface area contributed by atoms with Crippen molar-refractivity contribution >= 4 is 11.8 Å². The molecule has 1 N–H and O–H groups in total. The minimum absolute atomic E-state index is 0.00400. The van der Waals surface area contributed by atoms with Crippen LogP contribution in [-0.2, 0) is 0 Å². The number of benzene rings is 2. The maximum atomic E-state index is 12.8. The monoisotopic (exact) mass is 336 g/mol. The molecule has 1 atom stereocenters. The van der Waals surface area contributed by atoms with Crippen LogP contribution in [0.15, 0.2) is 54.6 Å². The van der Waals surface area contributed by atoms with Crippen LogP contribution in [0.4, 0.5) is 0 Å². The Balaban J connectivity index is 1.57. The van der Waals surface area contributed by atoms with E-state index in [1.807, 2.05) is 53.4 Å². The van der Waals surface area contributed by atoms with Crippen molar-refractivity contribution in [2.45, 2.75) is 18.4 Å². The van der Waals surface area contributed by atoms with Crippen molar-refractivity contribution in [3.05, 3.63) is 65.7 Å². The van der Waals surface area contributed by atoms with Crippen LogP contribution in [0, 0.1) is 0 Å². The Labute approximate surface area is 146 Å². The first-order valence-electron chi connectivity index (χ1n) is 8.56. The molecule has 5 heteroatoms. The first-order chi connectivity index (χ1) is 12.2. The third-order valence-corrected chi connectivity index (χ3v) is 4.90. The fourth-order valence-electron chi connectivity index (χ4n) is 3.63. The van der Waals surface area contributed by atoms with Crippen molar-refractivity contribution in [3.8, 4) is 5.75 Å². The van der Waals surface area contributed by atoms with Gasteiger partial charge in [-0.05, 0) is 37.1 Å². The SMILES string of the molecule is O=C1NC2(CCCN(C(=O)c3ccccc3)C2)COc2ccccc21. The van der Waals surface area contributed by atoms with Gasteiger partial charge < -0.3 is 15.0 Å². The molecule has 0 radical (unpaired) electrons. The number of amides is 2. The lowest BCUT2D eigenvalue weighted by molar-refractivity contribution is 0.0490. The largest absolute Gasteiger partial charge is 0.490 e. The second-order valence-electron chi connectivity index (χ2n) is 6.72. The Hall–Kier alpha value is -2.82. The summed E-state index contributed by atoms with van der Waals surface area (Å²) in [6, 6.07) is 16.5. The van der Waals surface area contributed by atoms with E-state index in [-0.39, 0.29) is 11.8 Å². The first-order valence-corrected chi connectivity index (χ1v) is 8.56. The smallest absolute Gasteiger partial charge is 0.255 e. The van der Waals surface area contributed by atoms with Gasteiger partial charge in [0.05, 0.1) is 11.1 Å². The fourth-order valence-corrected chi connectivity index (χ4v) is 3.63. The second kappa shape index (κ2) is 6.24. The molecule has 1 saturated heterocycles. The summed E-state index contributed by atoms with van der Waals surface area (Å²) < 4.78 is 5.92. The quantitative estimate of drug-likeness (QED) is 0.870. The van der Waals surface area contributed by atoms with Crippen molar-refractivity contribution in [3.63, 3.8) is 0 Å². The third-order valence-electron chi connectivity index (χ3n) is 4.90. The average molecular weight is 336 g/mol. The van der Waals surface area contributed by atoms with Gasteiger partial charge in [-0.3, -0.25) is 9.59 Å². The number of rotatable bonds is 1. The van der Waals surface area contributed by atoms with Crippen LogP contribution in [0.25, 0.3) is 0 Å². The van der Waals surface area contributed by atoms with Crippen molar-refractivity contribution in [1.82, 2.24) is 10.2 Å². The molecule has 0 aliphatic carbocycles. The average Bonchev–Trinajstić information content (AvgIpc) is 2.79. The van der Waals surface area contributed by atoms with Crippen LogP contribution in [-0.4, -0.2) is 41.9 Å². The maximum Gasteiger partial charge on any atom is 0.255 e. The van der Waals surface area contributed by atoms with Gasteiger partial charge in [-0.1, -0.05) is 30.3 Å². The van der Waals surface area contributed by atoms with Gasteiger partial charge in [0.2, 0.25) is 0 Å². The Kier molecular flexibility index (Phi) is 3.92. The number of likely N-dealkylation sites (tertiary alicyclic amines) is 1. The van der Waals surface area contributed by atoms with E-state index in [2.05, 4.69) is 5.32 Å². The number of ether oxygens (including phenoxy) is 1. The number of nitrogens with zero attached hydrogens (tertiary/aromatic N) is 1. The van der Waals surface area contributed by atoms with E-state index in [1.165, 1.54) is 0 Å². The van der Waals surface area contributed by atoms with Crippen LogP contribution >= 0.6 is 0 Å².